The molecule has 2 heterocycles. The molecule has 0 bridgehead atoms. The second-order valence-electron chi connectivity index (χ2n) is 4.42. The van der Waals surface area contributed by atoms with Crippen LogP contribution in [0.4, 0.5) is 0 Å². The van der Waals surface area contributed by atoms with Gasteiger partial charge in [0.2, 0.25) is 0 Å². The molecule has 0 spiro atoms. The number of nitrogens with zero attached hydrogens (tertiary/aromatic N) is 2. The van der Waals surface area contributed by atoms with Gasteiger partial charge < -0.3 is 5.11 Å². The average molecular weight is 270 g/mol. The second kappa shape index (κ2) is 4.99. The number of aromatic nitrogens is 2. The zero-order valence-electron chi connectivity index (χ0n) is 10.5. The lowest BCUT2D eigenvalue weighted by Crippen LogP contribution is -2.08. The summed E-state index contributed by atoms with van der Waals surface area (Å²) in [5, 5.41) is 18.9. The third-order valence-corrected chi connectivity index (χ3v) is 4.02. The monoisotopic (exact) mass is 270 g/mol. The highest BCUT2D eigenvalue weighted by Crippen LogP contribution is 2.28. The molecule has 0 radical (unpaired) electrons. The van der Waals surface area contributed by atoms with E-state index in [0.29, 0.717) is 0 Å². The van der Waals surface area contributed by atoms with Crippen molar-refractivity contribution in [3.05, 3.63) is 70.2 Å². The first-order valence-electron chi connectivity index (χ1n) is 6.07. The van der Waals surface area contributed by atoms with Gasteiger partial charge in [0, 0.05) is 11.8 Å². The molecular formula is C15H14N2OS. The van der Waals surface area contributed by atoms with Crippen LogP contribution in [0.15, 0.2) is 53.4 Å². The van der Waals surface area contributed by atoms with Crippen LogP contribution in [0.25, 0.3) is 5.69 Å². The second-order valence-corrected chi connectivity index (χ2v) is 5.16. The molecule has 3 aromatic rings. The maximum absolute atomic E-state index is 10.5. The Balaban J connectivity index is 2.04. The highest BCUT2D eigenvalue weighted by molar-refractivity contribution is 7.08. The van der Waals surface area contributed by atoms with Gasteiger partial charge in [0.1, 0.15) is 6.10 Å². The summed E-state index contributed by atoms with van der Waals surface area (Å²) in [5.74, 6) is 0. The smallest absolute Gasteiger partial charge is 0.122 e. The number of aryl methyl sites for hydroxylation is 1. The topological polar surface area (TPSA) is 38.1 Å². The molecule has 0 fully saturated rings. The van der Waals surface area contributed by atoms with Crippen LogP contribution in [-0.2, 0) is 0 Å². The molecule has 19 heavy (non-hydrogen) atoms. The summed E-state index contributed by atoms with van der Waals surface area (Å²) in [6, 6.07) is 11.7. The summed E-state index contributed by atoms with van der Waals surface area (Å²) in [6.07, 6.45) is 1.07. The van der Waals surface area contributed by atoms with Gasteiger partial charge >= 0.3 is 0 Å². The largest absolute Gasteiger partial charge is 0.382 e. The minimum absolute atomic E-state index is 0.644. The number of aliphatic hydroxyl groups is 1. The minimum atomic E-state index is -0.644. The summed E-state index contributed by atoms with van der Waals surface area (Å²) in [5.41, 5.74) is 3.79. The molecule has 4 heteroatoms. The molecule has 0 saturated heterocycles. The molecule has 2 aromatic heterocycles. The van der Waals surface area contributed by atoms with Gasteiger partial charge in [-0.2, -0.15) is 16.4 Å². The Morgan fingerprint density at radius 1 is 1.16 bits per heavy atom. The average Bonchev–Trinajstić information content (AvgIpc) is 3.07. The maximum Gasteiger partial charge on any atom is 0.122 e. The van der Waals surface area contributed by atoms with E-state index in [0.717, 1.165) is 22.5 Å². The number of benzene rings is 1. The van der Waals surface area contributed by atoms with Gasteiger partial charge in [0.15, 0.2) is 0 Å². The fourth-order valence-corrected chi connectivity index (χ4v) is 2.98. The molecule has 3 nitrogen and oxygen atoms in total. The number of rotatable bonds is 3. The molecule has 0 amide bonds. The molecule has 1 unspecified atom stereocenters. The number of aliphatic hydroxyl groups excluding tert-OH is 1. The van der Waals surface area contributed by atoms with Crippen molar-refractivity contribution in [3.8, 4) is 5.69 Å². The van der Waals surface area contributed by atoms with Crippen molar-refractivity contribution in [2.75, 3.05) is 0 Å². The van der Waals surface area contributed by atoms with Crippen molar-refractivity contribution in [2.24, 2.45) is 0 Å². The zero-order valence-corrected chi connectivity index (χ0v) is 11.3. The standard InChI is InChI=1S/C15H14N2OS/c1-11-9-19-10-13(11)15(18)14-7-8-16-17(14)12-5-3-2-4-6-12/h2-10,15,18H,1H3. The minimum Gasteiger partial charge on any atom is -0.382 e. The molecule has 0 aliphatic rings. The Morgan fingerprint density at radius 3 is 2.63 bits per heavy atom. The molecule has 1 aromatic carbocycles. The van der Waals surface area contributed by atoms with E-state index < -0.39 is 6.10 Å². The highest BCUT2D eigenvalue weighted by Gasteiger charge is 2.18. The van der Waals surface area contributed by atoms with Gasteiger partial charge in [-0.1, -0.05) is 18.2 Å². The Morgan fingerprint density at radius 2 is 1.95 bits per heavy atom. The van der Waals surface area contributed by atoms with E-state index in [-0.39, 0.29) is 0 Å². The van der Waals surface area contributed by atoms with Gasteiger partial charge in [0.05, 0.1) is 11.4 Å². The van der Waals surface area contributed by atoms with Gasteiger partial charge in [-0.15, -0.1) is 0 Å². The van der Waals surface area contributed by atoms with Crippen molar-refractivity contribution in [2.45, 2.75) is 13.0 Å². The molecule has 0 saturated carbocycles. The molecule has 1 atom stereocenters. The molecule has 0 aliphatic carbocycles. The Hall–Kier alpha value is -1.91. The van der Waals surface area contributed by atoms with Crippen LogP contribution in [0.5, 0.6) is 0 Å². The van der Waals surface area contributed by atoms with Crippen molar-refractivity contribution in [1.82, 2.24) is 9.78 Å². The van der Waals surface area contributed by atoms with E-state index >= 15 is 0 Å². The quantitative estimate of drug-likeness (QED) is 0.792. The van der Waals surface area contributed by atoms with Gasteiger partial charge in [-0.05, 0) is 41.4 Å². The van der Waals surface area contributed by atoms with Crippen LogP contribution >= 0.6 is 11.3 Å². The van der Waals surface area contributed by atoms with Crippen LogP contribution in [0.3, 0.4) is 0 Å². The predicted octanol–water partition coefficient (Wildman–Crippen LogP) is 3.32. The van der Waals surface area contributed by atoms with Crippen LogP contribution in [0, 0.1) is 6.92 Å². The van der Waals surface area contributed by atoms with Gasteiger partial charge in [-0.3, -0.25) is 0 Å². The van der Waals surface area contributed by atoms with Crippen LogP contribution < -0.4 is 0 Å². The molecule has 96 valence electrons. The SMILES string of the molecule is Cc1cscc1C(O)c1ccnn1-c1ccccc1. The first-order valence-corrected chi connectivity index (χ1v) is 7.02. The summed E-state index contributed by atoms with van der Waals surface area (Å²) in [4.78, 5) is 0. The van der Waals surface area contributed by atoms with E-state index in [1.807, 2.05) is 54.1 Å². The van der Waals surface area contributed by atoms with Crippen molar-refractivity contribution in [1.29, 1.82) is 0 Å². The number of hydrogen-bond acceptors (Lipinski definition) is 3. The van der Waals surface area contributed by atoms with Gasteiger partial charge in [0.25, 0.3) is 0 Å². The fraction of sp³-hybridized carbons (Fsp3) is 0.133. The van der Waals surface area contributed by atoms with E-state index in [1.165, 1.54) is 0 Å². The summed E-state index contributed by atoms with van der Waals surface area (Å²) >= 11 is 1.60. The van der Waals surface area contributed by atoms with Crippen LogP contribution in [0.1, 0.15) is 22.9 Å². The highest BCUT2D eigenvalue weighted by atomic mass is 32.1. The van der Waals surface area contributed by atoms with Crippen LogP contribution in [-0.4, -0.2) is 14.9 Å². The molecule has 1 N–H and O–H groups in total. The number of hydrogen-bond donors (Lipinski definition) is 1. The van der Waals surface area contributed by atoms with Crippen molar-refractivity contribution < 1.29 is 5.11 Å². The zero-order chi connectivity index (χ0) is 13.2. The van der Waals surface area contributed by atoms with Crippen molar-refractivity contribution >= 4 is 11.3 Å². The molecular weight excluding hydrogens is 256 g/mol. The summed E-state index contributed by atoms with van der Waals surface area (Å²) in [7, 11) is 0. The Labute approximate surface area is 115 Å². The first kappa shape index (κ1) is 12.1. The number of thiophene rings is 1. The fourth-order valence-electron chi connectivity index (χ4n) is 2.12. The summed E-state index contributed by atoms with van der Waals surface area (Å²) in [6.45, 7) is 2.01. The van der Waals surface area contributed by atoms with E-state index in [2.05, 4.69) is 5.10 Å². The summed E-state index contributed by atoms with van der Waals surface area (Å²) < 4.78 is 1.78. The lowest BCUT2D eigenvalue weighted by molar-refractivity contribution is 0.212. The third kappa shape index (κ3) is 2.20. The third-order valence-electron chi connectivity index (χ3n) is 3.14. The first-order chi connectivity index (χ1) is 9.27. The maximum atomic E-state index is 10.5. The molecule has 3 rings (SSSR count). The van der Waals surface area contributed by atoms with Crippen LogP contribution in [0.2, 0.25) is 0 Å². The number of para-hydroxylation sites is 1. The Kier molecular flexibility index (Phi) is 3.19. The van der Waals surface area contributed by atoms with E-state index in [9.17, 15) is 5.11 Å². The molecule has 0 aliphatic heterocycles. The van der Waals surface area contributed by atoms with E-state index in [1.54, 1.807) is 22.2 Å². The lowest BCUT2D eigenvalue weighted by Gasteiger charge is -2.13. The predicted molar refractivity (Wildman–Crippen MR) is 76.7 cm³/mol. The Bertz CT molecular complexity index is 672. The lowest BCUT2D eigenvalue weighted by atomic mass is 10.1. The van der Waals surface area contributed by atoms with Crippen molar-refractivity contribution in [3.63, 3.8) is 0 Å². The van der Waals surface area contributed by atoms with E-state index in [4.69, 9.17) is 0 Å². The normalized spacial score (nSPS) is 12.5. The van der Waals surface area contributed by atoms with Gasteiger partial charge in [-0.25, -0.2) is 4.68 Å².